The second kappa shape index (κ2) is 7.44. The van der Waals surface area contributed by atoms with Gasteiger partial charge in [-0.1, -0.05) is 18.2 Å². The van der Waals surface area contributed by atoms with E-state index < -0.39 is 0 Å². The van der Waals surface area contributed by atoms with Crippen LogP contribution in [0.2, 0.25) is 0 Å². The Morgan fingerprint density at radius 2 is 2.11 bits per heavy atom. The molecule has 0 aromatic heterocycles. The summed E-state index contributed by atoms with van der Waals surface area (Å²) in [6.07, 6.45) is 8.76. The fraction of sp³-hybridized carbons (Fsp3) is 0.500. The van der Waals surface area contributed by atoms with Crippen LogP contribution in [0.1, 0.15) is 19.3 Å². The van der Waals surface area contributed by atoms with Crippen molar-refractivity contribution in [3.63, 3.8) is 0 Å². The molecule has 0 atom stereocenters. The normalized spacial score (nSPS) is 10.3. The Balaban J connectivity index is 2.94. The minimum Gasteiger partial charge on any atom is -0.396 e. The third-order valence-electron chi connectivity index (χ3n) is 0.998. The van der Waals surface area contributed by atoms with Gasteiger partial charge in [0.05, 0.1) is 0 Å². The largest absolute Gasteiger partial charge is 0.396 e. The van der Waals surface area contributed by atoms with Gasteiger partial charge < -0.3 is 5.11 Å². The van der Waals surface area contributed by atoms with E-state index in [0.29, 0.717) is 6.61 Å². The van der Waals surface area contributed by atoms with Gasteiger partial charge in [-0.15, -0.1) is 6.58 Å². The van der Waals surface area contributed by atoms with Crippen molar-refractivity contribution in [1.29, 1.82) is 0 Å². The molecule has 0 radical (unpaired) electrons. The highest BCUT2D eigenvalue weighted by atomic mass is 16.2. The summed E-state index contributed by atoms with van der Waals surface area (Å²) in [4.78, 5) is 0. The highest BCUT2D eigenvalue weighted by Gasteiger charge is 1.76. The highest BCUT2D eigenvalue weighted by Crippen LogP contribution is 1.91. The van der Waals surface area contributed by atoms with Crippen LogP contribution in [0, 0.1) is 0 Å². The number of rotatable bonds is 5. The van der Waals surface area contributed by atoms with Gasteiger partial charge in [0, 0.05) is 6.61 Å². The zero-order chi connectivity index (χ0) is 6.95. The Labute approximate surface area is 56.7 Å². The second-order valence-electron chi connectivity index (χ2n) is 1.86. The van der Waals surface area contributed by atoms with E-state index in [1.54, 1.807) is 0 Å². The molecule has 0 spiro atoms. The van der Waals surface area contributed by atoms with Gasteiger partial charge in [0.2, 0.25) is 0 Å². The molecule has 0 heterocycles. The molecule has 0 unspecified atom stereocenters. The van der Waals surface area contributed by atoms with Crippen LogP contribution in [0.25, 0.3) is 0 Å². The summed E-state index contributed by atoms with van der Waals surface area (Å²) in [6.45, 7) is 3.87. The molecule has 0 aliphatic carbocycles. The smallest absolute Gasteiger partial charge is 0.0433 e. The first-order chi connectivity index (χ1) is 4.41. The van der Waals surface area contributed by atoms with Gasteiger partial charge in [-0.25, -0.2) is 0 Å². The number of allylic oxidation sites excluding steroid dienone is 3. The molecular formula is C8H14O. The van der Waals surface area contributed by atoms with Crippen LogP contribution in [-0.2, 0) is 0 Å². The molecule has 0 saturated carbocycles. The lowest BCUT2D eigenvalue weighted by Crippen LogP contribution is -1.77. The van der Waals surface area contributed by atoms with Crippen LogP contribution in [0.15, 0.2) is 24.8 Å². The molecule has 0 aromatic carbocycles. The van der Waals surface area contributed by atoms with E-state index in [1.807, 2.05) is 6.08 Å². The van der Waals surface area contributed by atoms with Crippen LogP contribution in [0.3, 0.4) is 0 Å². The van der Waals surface area contributed by atoms with E-state index in [2.05, 4.69) is 18.7 Å². The van der Waals surface area contributed by atoms with Crippen molar-refractivity contribution in [2.24, 2.45) is 0 Å². The van der Waals surface area contributed by atoms with Crippen molar-refractivity contribution in [2.75, 3.05) is 6.61 Å². The van der Waals surface area contributed by atoms with Gasteiger partial charge in [-0.2, -0.15) is 0 Å². The summed E-state index contributed by atoms with van der Waals surface area (Å²) in [5.74, 6) is 0. The Kier molecular flexibility index (Phi) is 6.98. The molecule has 0 bridgehead atoms. The number of aliphatic hydroxyl groups is 1. The third-order valence-corrected chi connectivity index (χ3v) is 0.998. The molecule has 0 fully saturated rings. The molecule has 0 aliphatic heterocycles. The molecule has 0 rings (SSSR count). The van der Waals surface area contributed by atoms with Crippen LogP contribution >= 0.6 is 0 Å². The molecule has 0 saturated heterocycles. The number of hydrogen-bond donors (Lipinski definition) is 1. The van der Waals surface area contributed by atoms with E-state index in [-0.39, 0.29) is 0 Å². The van der Waals surface area contributed by atoms with Gasteiger partial charge in [0.1, 0.15) is 0 Å². The Hall–Kier alpha value is -0.560. The first-order valence-corrected chi connectivity index (χ1v) is 3.28. The Bertz CT molecular complexity index is 84.6. The molecule has 0 amide bonds. The fourth-order valence-electron chi connectivity index (χ4n) is 0.519. The summed E-state index contributed by atoms with van der Waals surface area (Å²) in [6, 6.07) is 0. The molecular weight excluding hydrogens is 112 g/mol. The Morgan fingerprint density at radius 1 is 1.33 bits per heavy atom. The van der Waals surface area contributed by atoms with Crippen LogP contribution < -0.4 is 0 Å². The van der Waals surface area contributed by atoms with Crippen molar-refractivity contribution in [2.45, 2.75) is 19.3 Å². The van der Waals surface area contributed by atoms with Crippen molar-refractivity contribution >= 4 is 0 Å². The van der Waals surface area contributed by atoms with Crippen molar-refractivity contribution in [1.82, 2.24) is 0 Å². The van der Waals surface area contributed by atoms with Gasteiger partial charge in [0.15, 0.2) is 0 Å². The Morgan fingerprint density at radius 3 is 2.67 bits per heavy atom. The second-order valence-corrected chi connectivity index (χ2v) is 1.86. The van der Waals surface area contributed by atoms with Crippen LogP contribution in [0.4, 0.5) is 0 Å². The number of unbranched alkanes of at least 4 members (excludes halogenated alkanes) is 1. The molecule has 1 N–H and O–H groups in total. The minimum atomic E-state index is 0.290. The minimum absolute atomic E-state index is 0.290. The molecule has 52 valence electrons. The van der Waals surface area contributed by atoms with Gasteiger partial charge in [-0.3, -0.25) is 0 Å². The predicted octanol–water partition coefficient (Wildman–Crippen LogP) is 1.89. The molecule has 9 heavy (non-hydrogen) atoms. The molecule has 0 aliphatic rings. The monoisotopic (exact) mass is 126 g/mol. The lowest BCUT2D eigenvalue weighted by molar-refractivity contribution is 0.289. The van der Waals surface area contributed by atoms with Crippen molar-refractivity contribution in [3.8, 4) is 0 Å². The zero-order valence-corrected chi connectivity index (χ0v) is 5.71. The molecule has 1 nitrogen and oxygen atoms in total. The van der Waals surface area contributed by atoms with Crippen LogP contribution in [0.5, 0.6) is 0 Å². The highest BCUT2D eigenvalue weighted by molar-refractivity contribution is 4.87. The topological polar surface area (TPSA) is 20.2 Å². The maximum absolute atomic E-state index is 8.37. The standard InChI is InChI=1S/C8H14O/c1-2-3-4-5-6-7-8-9/h2,4-5,9H,1,3,6-8H2. The summed E-state index contributed by atoms with van der Waals surface area (Å²) in [7, 11) is 0. The van der Waals surface area contributed by atoms with Gasteiger partial charge >= 0.3 is 0 Å². The average Bonchev–Trinajstić information content (AvgIpc) is 1.89. The summed E-state index contributed by atoms with van der Waals surface area (Å²) in [5.41, 5.74) is 0. The zero-order valence-electron chi connectivity index (χ0n) is 5.71. The fourth-order valence-corrected chi connectivity index (χ4v) is 0.519. The van der Waals surface area contributed by atoms with E-state index in [9.17, 15) is 0 Å². The van der Waals surface area contributed by atoms with E-state index in [0.717, 1.165) is 19.3 Å². The van der Waals surface area contributed by atoms with Crippen LogP contribution in [-0.4, -0.2) is 11.7 Å². The van der Waals surface area contributed by atoms with E-state index >= 15 is 0 Å². The lowest BCUT2D eigenvalue weighted by atomic mass is 10.3. The van der Waals surface area contributed by atoms with E-state index in [1.165, 1.54) is 0 Å². The van der Waals surface area contributed by atoms with Crippen molar-refractivity contribution < 1.29 is 5.11 Å². The third kappa shape index (κ3) is 7.44. The number of aliphatic hydroxyl groups excluding tert-OH is 1. The van der Waals surface area contributed by atoms with E-state index in [4.69, 9.17) is 5.11 Å². The summed E-state index contributed by atoms with van der Waals surface area (Å²) in [5, 5.41) is 8.37. The number of hydrogen-bond acceptors (Lipinski definition) is 1. The summed E-state index contributed by atoms with van der Waals surface area (Å²) < 4.78 is 0. The molecule has 0 aromatic rings. The van der Waals surface area contributed by atoms with Gasteiger partial charge in [-0.05, 0) is 19.3 Å². The maximum atomic E-state index is 8.37. The summed E-state index contributed by atoms with van der Waals surface area (Å²) >= 11 is 0. The maximum Gasteiger partial charge on any atom is 0.0433 e. The van der Waals surface area contributed by atoms with Crippen molar-refractivity contribution in [3.05, 3.63) is 24.8 Å². The quantitative estimate of drug-likeness (QED) is 0.440. The first kappa shape index (κ1) is 8.44. The predicted molar refractivity (Wildman–Crippen MR) is 40.3 cm³/mol. The first-order valence-electron chi connectivity index (χ1n) is 3.28. The molecule has 1 heteroatoms. The average molecular weight is 126 g/mol. The lowest BCUT2D eigenvalue weighted by Gasteiger charge is -1.85. The SMILES string of the molecule is C=CCC=CCCCO. The van der Waals surface area contributed by atoms with Gasteiger partial charge in [0.25, 0.3) is 0 Å².